The van der Waals surface area contributed by atoms with Crippen LogP contribution in [0.4, 0.5) is 0 Å². The summed E-state index contributed by atoms with van der Waals surface area (Å²) in [5.41, 5.74) is 0. The fraction of sp³-hybridized carbons (Fsp3) is 0.875. The molecule has 3 atom stereocenters. The van der Waals surface area contributed by atoms with Crippen LogP contribution in [0.25, 0.3) is 0 Å². The van der Waals surface area contributed by atoms with Crippen LogP contribution < -0.4 is 5.32 Å². The number of likely N-dealkylation sites (tertiary alicyclic amines) is 1. The number of nitrogens with one attached hydrogen (secondary N) is 1. The topological polar surface area (TPSA) is 88.1 Å². The van der Waals surface area contributed by atoms with Crippen LogP contribution in [0.1, 0.15) is 38.5 Å². The maximum absolute atomic E-state index is 12.3. The molecule has 2 aliphatic heterocycles. The van der Waals surface area contributed by atoms with Crippen LogP contribution in [0.3, 0.4) is 0 Å². The van der Waals surface area contributed by atoms with Crippen LogP contribution in [0.5, 0.6) is 0 Å². The van der Waals surface area contributed by atoms with Crippen LogP contribution in [-0.4, -0.2) is 73.5 Å². The predicted molar refractivity (Wildman–Crippen MR) is 83.8 cm³/mol. The fourth-order valence-corrected chi connectivity index (χ4v) is 3.29. The SMILES string of the molecule is COCC(=O)N[C@H]1CC[C@@H](CC(=O)N2CCCCC2)O[C@H]1CO. The van der Waals surface area contributed by atoms with E-state index in [4.69, 9.17) is 9.47 Å². The van der Waals surface area contributed by atoms with Gasteiger partial charge in [-0.25, -0.2) is 0 Å². The van der Waals surface area contributed by atoms with E-state index >= 15 is 0 Å². The minimum absolute atomic E-state index is 0.00841. The first-order valence-corrected chi connectivity index (χ1v) is 8.46. The summed E-state index contributed by atoms with van der Waals surface area (Å²) in [5.74, 6) is -0.0874. The van der Waals surface area contributed by atoms with Gasteiger partial charge in [0.1, 0.15) is 12.7 Å². The molecule has 2 N–H and O–H groups in total. The standard InChI is InChI=1S/C16H28N2O5/c1-22-11-15(20)17-13-6-5-12(23-14(13)10-19)9-16(21)18-7-3-2-4-8-18/h12-14,19H,2-11H2,1H3,(H,17,20)/t12-,13-,14-/m0/s1. The molecular formula is C16H28N2O5. The van der Waals surface area contributed by atoms with Gasteiger partial charge in [0, 0.05) is 20.2 Å². The highest BCUT2D eigenvalue weighted by Crippen LogP contribution is 2.23. The van der Waals surface area contributed by atoms with Gasteiger partial charge in [-0.1, -0.05) is 0 Å². The summed E-state index contributed by atoms with van der Waals surface area (Å²) in [4.78, 5) is 25.8. The van der Waals surface area contributed by atoms with Crippen molar-refractivity contribution in [2.75, 3.05) is 33.4 Å². The molecule has 2 fully saturated rings. The Morgan fingerprint density at radius 3 is 2.65 bits per heavy atom. The van der Waals surface area contributed by atoms with E-state index in [1.807, 2.05) is 4.90 Å². The van der Waals surface area contributed by atoms with Gasteiger partial charge in [-0.05, 0) is 32.1 Å². The van der Waals surface area contributed by atoms with Gasteiger partial charge >= 0.3 is 0 Å². The molecule has 0 bridgehead atoms. The Morgan fingerprint density at radius 1 is 1.26 bits per heavy atom. The normalized spacial score (nSPS) is 28.4. The Labute approximate surface area is 137 Å². The molecule has 0 unspecified atom stereocenters. The van der Waals surface area contributed by atoms with E-state index in [0.29, 0.717) is 19.3 Å². The third kappa shape index (κ3) is 5.44. The maximum atomic E-state index is 12.3. The number of methoxy groups -OCH3 is 1. The second kappa shape index (κ2) is 9.20. The third-order valence-electron chi connectivity index (χ3n) is 4.53. The van der Waals surface area contributed by atoms with Gasteiger partial charge in [0.2, 0.25) is 11.8 Å². The zero-order valence-electron chi connectivity index (χ0n) is 13.8. The number of piperidine rings is 1. The van der Waals surface area contributed by atoms with Crippen molar-refractivity contribution in [1.82, 2.24) is 10.2 Å². The zero-order chi connectivity index (χ0) is 16.7. The Hall–Kier alpha value is -1.18. The molecule has 2 aliphatic rings. The first-order chi connectivity index (χ1) is 11.1. The van der Waals surface area contributed by atoms with Gasteiger partial charge in [-0.15, -0.1) is 0 Å². The third-order valence-corrected chi connectivity index (χ3v) is 4.53. The van der Waals surface area contributed by atoms with Crippen molar-refractivity contribution in [2.45, 2.75) is 56.8 Å². The summed E-state index contributed by atoms with van der Waals surface area (Å²) in [6.07, 6.45) is 4.44. The molecule has 0 saturated carbocycles. The fourth-order valence-electron chi connectivity index (χ4n) is 3.29. The molecule has 0 spiro atoms. The lowest BCUT2D eigenvalue weighted by molar-refractivity contribution is -0.144. The van der Waals surface area contributed by atoms with Gasteiger partial charge in [0.15, 0.2) is 0 Å². The molecule has 2 rings (SSSR count). The number of amides is 2. The molecule has 132 valence electrons. The Bertz CT molecular complexity index is 398. The number of ether oxygens (including phenoxy) is 2. The number of carbonyl (C=O) groups is 2. The van der Waals surface area contributed by atoms with Gasteiger partial charge in [-0.2, -0.15) is 0 Å². The van der Waals surface area contributed by atoms with E-state index in [2.05, 4.69) is 5.32 Å². The van der Waals surface area contributed by atoms with E-state index in [9.17, 15) is 14.7 Å². The molecule has 2 amide bonds. The molecule has 0 aromatic heterocycles. The van der Waals surface area contributed by atoms with Crippen molar-refractivity contribution in [3.05, 3.63) is 0 Å². The average molecular weight is 328 g/mol. The number of rotatable bonds is 6. The summed E-state index contributed by atoms with van der Waals surface area (Å²) in [6.45, 7) is 1.49. The number of aliphatic hydroxyl groups is 1. The molecule has 7 nitrogen and oxygen atoms in total. The van der Waals surface area contributed by atoms with Crippen molar-refractivity contribution in [3.8, 4) is 0 Å². The van der Waals surface area contributed by atoms with E-state index in [1.54, 1.807) is 0 Å². The summed E-state index contributed by atoms with van der Waals surface area (Å²) in [5, 5.41) is 12.3. The molecular weight excluding hydrogens is 300 g/mol. The number of hydrogen-bond donors (Lipinski definition) is 2. The quantitative estimate of drug-likeness (QED) is 0.720. The number of carbonyl (C=O) groups excluding carboxylic acids is 2. The summed E-state index contributed by atoms with van der Waals surface area (Å²) >= 11 is 0. The lowest BCUT2D eigenvalue weighted by atomic mass is 9.96. The van der Waals surface area contributed by atoms with Crippen molar-refractivity contribution >= 4 is 11.8 Å². The first-order valence-electron chi connectivity index (χ1n) is 8.46. The van der Waals surface area contributed by atoms with Crippen molar-refractivity contribution in [1.29, 1.82) is 0 Å². The lowest BCUT2D eigenvalue weighted by Gasteiger charge is -2.37. The van der Waals surface area contributed by atoms with E-state index in [1.165, 1.54) is 13.5 Å². The first kappa shape index (κ1) is 18.2. The van der Waals surface area contributed by atoms with Gasteiger partial charge < -0.3 is 24.8 Å². The molecule has 0 radical (unpaired) electrons. The average Bonchev–Trinajstić information content (AvgIpc) is 2.57. The van der Waals surface area contributed by atoms with Crippen LogP contribution in [0.2, 0.25) is 0 Å². The second-order valence-corrected chi connectivity index (χ2v) is 6.31. The van der Waals surface area contributed by atoms with Crippen LogP contribution >= 0.6 is 0 Å². The lowest BCUT2D eigenvalue weighted by Crippen LogP contribution is -2.52. The minimum atomic E-state index is -0.469. The highest BCUT2D eigenvalue weighted by atomic mass is 16.5. The number of hydrogen-bond acceptors (Lipinski definition) is 5. The van der Waals surface area contributed by atoms with E-state index in [0.717, 1.165) is 25.9 Å². The monoisotopic (exact) mass is 328 g/mol. The summed E-state index contributed by atoms with van der Waals surface area (Å²) in [7, 11) is 1.46. The summed E-state index contributed by atoms with van der Waals surface area (Å²) < 4.78 is 10.6. The van der Waals surface area contributed by atoms with Crippen LogP contribution in [-0.2, 0) is 19.1 Å². The van der Waals surface area contributed by atoms with E-state index < -0.39 is 6.10 Å². The van der Waals surface area contributed by atoms with Crippen molar-refractivity contribution < 1.29 is 24.2 Å². The summed E-state index contributed by atoms with van der Waals surface area (Å²) in [6, 6.07) is -0.232. The van der Waals surface area contributed by atoms with E-state index in [-0.39, 0.29) is 37.2 Å². The zero-order valence-corrected chi connectivity index (χ0v) is 13.8. The Balaban J connectivity index is 1.80. The van der Waals surface area contributed by atoms with Crippen LogP contribution in [0, 0.1) is 0 Å². The van der Waals surface area contributed by atoms with Crippen LogP contribution in [0.15, 0.2) is 0 Å². The highest BCUT2D eigenvalue weighted by Gasteiger charge is 2.33. The molecule has 23 heavy (non-hydrogen) atoms. The van der Waals surface area contributed by atoms with Gasteiger partial charge in [0.05, 0.1) is 25.2 Å². The van der Waals surface area contributed by atoms with Gasteiger partial charge in [-0.3, -0.25) is 9.59 Å². The Kier molecular flexibility index (Phi) is 7.26. The number of aliphatic hydroxyl groups excluding tert-OH is 1. The molecule has 7 heteroatoms. The molecule has 2 heterocycles. The molecule has 2 saturated heterocycles. The smallest absolute Gasteiger partial charge is 0.246 e. The molecule has 0 aromatic carbocycles. The molecule has 0 aliphatic carbocycles. The maximum Gasteiger partial charge on any atom is 0.246 e. The predicted octanol–water partition coefficient (Wildman–Crippen LogP) is 0.0601. The van der Waals surface area contributed by atoms with Crippen molar-refractivity contribution in [3.63, 3.8) is 0 Å². The number of nitrogens with zero attached hydrogens (tertiary/aromatic N) is 1. The second-order valence-electron chi connectivity index (χ2n) is 6.31. The molecule has 0 aromatic rings. The largest absolute Gasteiger partial charge is 0.394 e. The minimum Gasteiger partial charge on any atom is -0.394 e. The Morgan fingerprint density at radius 2 is 2.00 bits per heavy atom. The highest BCUT2D eigenvalue weighted by molar-refractivity contribution is 5.78. The van der Waals surface area contributed by atoms with Gasteiger partial charge in [0.25, 0.3) is 0 Å². The van der Waals surface area contributed by atoms with Crippen molar-refractivity contribution in [2.24, 2.45) is 0 Å².